The van der Waals surface area contributed by atoms with Crippen molar-refractivity contribution in [1.29, 1.82) is 0 Å². The molecule has 0 atom stereocenters. The number of aromatic amines is 1. The predicted octanol–water partition coefficient (Wildman–Crippen LogP) is 3.30. The molecule has 3 aromatic rings. The van der Waals surface area contributed by atoms with E-state index in [9.17, 15) is 9.18 Å². The highest BCUT2D eigenvalue weighted by Gasteiger charge is 2.22. The average Bonchev–Trinajstić information content (AvgIpc) is 2.98. The first kappa shape index (κ1) is 18.6. The molecule has 6 nitrogen and oxygen atoms in total. The fourth-order valence-electron chi connectivity index (χ4n) is 3.96. The second-order valence-corrected chi connectivity index (χ2v) is 7.37. The largest absolute Gasteiger partial charge is 0.381 e. The van der Waals surface area contributed by atoms with E-state index in [0.29, 0.717) is 23.0 Å². The second-order valence-electron chi connectivity index (χ2n) is 7.37. The third kappa shape index (κ3) is 3.38. The van der Waals surface area contributed by atoms with Gasteiger partial charge in [-0.15, -0.1) is 0 Å². The summed E-state index contributed by atoms with van der Waals surface area (Å²) in [5.41, 5.74) is 9.74. The smallest absolute Gasteiger partial charge is 0.252 e. The molecule has 0 radical (unpaired) electrons. The van der Waals surface area contributed by atoms with E-state index in [2.05, 4.69) is 21.9 Å². The highest BCUT2D eigenvalue weighted by Crippen LogP contribution is 2.34. The third-order valence-corrected chi connectivity index (χ3v) is 5.54. The summed E-state index contributed by atoms with van der Waals surface area (Å²) in [5, 5.41) is 1.02. The first-order valence-electron chi connectivity index (χ1n) is 9.44. The molecule has 7 heteroatoms. The van der Waals surface area contributed by atoms with Gasteiger partial charge >= 0.3 is 0 Å². The second kappa shape index (κ2) is 7.31. The quantitative estimate of drug-likeness (QED) is 0.724. The zero-order valence-corrected chi connectivity index (χ0v) is 16.0. The number of hydrogen-bond acceptors (Lipinski definition) is 4. The van der Waals surface area contributed by atoms with E-state index in [0.717, 1.165) is 42.5 Å². The van der Waals surface area contributed by atoms with Gasteiger partial charge in [0, 0.05) is 48.3 Å². The molecule has 0 saturated carbocycles. The number of amides is 1. The Labute approximate surface area is 162 Å². The Balaban J connectivity index is 1.68. The molecule has 0 bridgehead atoms. The molecule has 1 aliphatic rings. The summed E-state index contributed by atoms with van der Waals surface area (Å²) >= 11 is 0. The Morgan fingerprint density at radius 2 is 2.07 bits per heavy atom. The number of benzene rings is 1. The number of H-pyrrole nitrogens is 1. The van der Waals surface area contributed by atoms with Crippen molar-refractivity contribution >= 4 is 16.8 Å². The summed E-state index contributed by atoms with van der Waals surface area (Å²) in [5.74, 6) is 0.00586. The molecule has 1 amide bonds. The van der Waals surface area contributed by atoms with Crippen molar-refractivity contribution in [3.05, 3.63) is 58.0 Å². The number of ether oxygens (including phenoxy) is 1. The van der Waals surface area contributed by atoms with Crippen LogP contribution < -0.4 is 5.73 Å². The van der Waals surface area contributed by atoms with E-state index in [4.69, 9.17) is 10.5 Å². The highest BCUT2D eigenvalue weighted by atomic mass is 19.1. The van der Waals surface area contributed by atoms with Gasteiger partial charge in [0.1, 0.15) is 11.6 Å². The van der Waals surface area contributed by atoms with Crippen molar-refractivity contribution in [3.63, 3.8) is 0 Å². The minimum atomic E-state index is -0.569. The topological polar surface area (TPSA) is 93.9 Å². The fraction of sp³-hybridized carbons (Fsp3) is 0.381. The maximum absolute atomic E-state index is 14.7. The van der Waals surface area contributed by atoms with Crippen LogP contribution >= 0.6 is 0 Å². The molecule has 1 aromatic carbocycles. The lowest BCUT2D eigenvalue weighted by Gasteiger charge is -2.21. The molecule has 1 saturated heterocycles. The molecule has 4 rings (SSSR count). The van der Waals surface area contributed by atoms with E-state index in [-0.39, 0.29) is 17.8 Å². The van der Waals surface area contributed by atoms with E-state index in [1.165, 1.54) is 11.9 Å². The Kier molecular flexibility index (Phi) is 4.85. The van der Waals surface area contributed by atoms with Crippen molar-refractivity contribution in [1.82, 2.24) is 15.0 Å². The maximum atomic E-state index is 14.7. The van der Waals surface area contributed by atoms with Crippen LogP contribution in [0.15, 0.2) is 18.3 Å². The van der Waals surface area contributed by atoms with Gasteiger partial charge in [0.05, 0.1) is 11.3 Å². The third-order valence-electron chi connectivity index (χ3n) is 5.54. The predicted molar refractivity (Wildman–Crippen MR) is 104 cm³/mol. The zero-order valence-electron chi connectivity index (χ0n) is 16.0. The van der Waals surface area contributed by atoms with Crippen LogP contribution in [0.3, 0.4) is 0 Å². The number of halogens is 1. The van der Waals surface area contributed by atoms with Gasteiger partial charge in [-0.1, -0.05) is 0 Å². The molecular formula is C21H23FN4O2. The normalized spacial score (nSPS) is 15.2. The van der Waals surface area contributed by atoms with E-state index in [1.807, 2.05) is 6.07 Å². The average molecular weight is 382 g/mol. The van der Waals surface area contributed by atoms with Crippen LogP contribution in [0, 0.1) is 19.7 Å². The van der Waals surface area contributed by atoms with Crippen molar-refractivity contribution in [2.45, 2.75) is 39.0 Å². The zero-order chi connectivity index (χ0) is 19.8. The monoisotopic (exact) mass is 382 g/mol. The molecule has 28 heavy (non-hydrogen) atoms. The first-order valence-corrected chi connectivity index (χ1v) is 9.44. The van der Waals surface area contributed by atoms with Crippen molar-refractivity contribution in [3.8, 4) is 0 Å². The summed E-state index contributed by atoms with van der Waals surface area (Å²) in [7, 11) is 0. The highest BCUT2D eigenvalue weighted by molar-refractivity contribution is 5.93. The van der Waals surface area contributed by atoms with Gasteiger partial charge in [0.2, 0.25) is 0 Å². The summed E-state index contributed by atoms with van der Waals surface area (Å²) in [4.78, 5) is 23.2. The molecule has 0 unspecified atom stereocenters. The number of hydrogen-bond donors (Lipinski definition) is 2. The van der Waals surface area contributed by atoms with Crippen LogP contribution in [-0.4, -0.2) is 34.1 Å². The number of primary amides is 1. The number of nitrogens with two attached hydrogens (primary N) is 1. The van der Waals surface area contributed by atoms with Crippen molar-refractivity contribution in [2.24, 2.45) is 5.73 Å². The number of carbonyl (C=O) groups is 1. The standard InChI is InChI=1S/C21H23FN4O2/c1-11-15-7-14(8-19-24-10-16(21(23)27)12(2)25-19)17(22)9-18(15)26-20(11)13-3-5-28-6-4-13/h7,9-10,13,26H,3-6,8H2,1-2H3,(H2,23,27). The molecule has 146 valence electrons. The van der Waals surface area contributed by atoms with Crippen LogP contribution in [0.2, 0.25) is 0 Å². The molecular weight excluding hydrogens is 359 g/mol. The number of nitrogens with one attached hydrogen (secondary N) is 1. The number of nitrogens with zero attached hydrogens (tertiary/aromatic N) is 2. The number of rotatable bonds is 4. The van der Waals surface area contributed by atoms with E-state index in [1.54, 1.807) is 13.0 Å². The lowest BCUT2D eigenvalue weighted by Crippen LogP contribution is -2.15. The van der Waals surface area contributed by atoms with Gasteiger partial charge in [0.25, 0.3) is 5.91 Å². The number of carbonyl (C=O) groups excluding carboxylic acids is 1. The van der Waals surface area contributed by atoms with Crippen LogP contribution in [0.4, 0.5) is 4.39 Å². The summed E-state index contributed by atoms with van der Waals surface area (Å²) in [6.07, 6.45) is 3.60. The summed E-state index contributed by atoms with van der Waals surface area (Å²) in [6, 6.07) is 3.42. The van der Waals surface area contributed by atoms with Crippen LogP contribution in [0.25, 0.3) is 10.9 Å². The Morgan fingerprint density at radius 3 is 2.75 bits per heavy atom. The Morgan fingerprint density at radius 1 is 1.32 bits per heavy atom. The fourth-order valence-corrected chi connectivity index (χ4v) is 3.96. The summed E-state index contributed by atoms with van der Waals surface area (Å²) in [6.45, 7) is 5.29. The van der Waals surface area contributed by atoms with Crippen LogP contribution in [0.1, 0.15) is 57.5 Å². The maximum Gasteiger partial charge on any atom is 0.252 e. The lowest BCUT2D eigenvalue weighted by atomic mass is 9.93. The van der Waals surface area contributed by atoms with Crippen LogP contribution in [-0.2, 0) is 11.2 Å². The van der Waals surface area contributed by atoms with Crippen molar-refractivity contribution in [2.75, 3.05) is 13.2 Å². The number of aromatic nitrogens is 3. The number of fused-ring (bicyclic) bond motifs is 1. The first-order chi connectivity index (χ1) is 13.4. The Bertz CT molecular complexity index is 1050. The SMILES string of the molecule is Cc1nc(Cc2cc3c(C)c(C4CCOCC4)[nH]c3cc2F)ncc1C(N)=O. The Hall–Kier alpha value is -2.80. The molecule has 0 spiro atoms. The minimum Gasteiger partial charge on any atom is -0.381 e. The van der Waals surface area contributed by atoms with Crippen molar-refractivity contribution < 1.29 is 13.9 Å². The molecule has 0 aliphatic carbocycles. The van der Waals surface area contributed by atoms with Gasteiger partial charge in [0.15, 0.2) is 0 Å². The molecule has 3 N–H and O–H groups in total. The molecule has 2 aromatic heterocycles. The van der Waals surface area contributed by atoms with Gasteiger partial charge in [-0.05, 0) is 49.9 Å². The molecule has 1 fully saturated rings. The number of aryl methyl sites for hydroxylation is 2. The lowest BCUT2D eigenvalue weighted by molar-refractivity contribution is 0.0845. The summed E-state index contributed by atoms with van der Waals surface area (Å²) < 4.78 is 20.2. The van der Waals surface area contributed by atoms with E-state index < -0.39 is 5.91 Å². The van der Waals surface area contributed by atoms with Crippen LogP contribution in [0.5, 0.6) is 0 Å². The van der Waals surface area contributed by atoms with Gasteiger partial charge in [-0.25, -0.2) is 14.4 Å². The molecule has 3 heterocycles. The molecule has 1 aliphatic heterocycles. The van der Waals surface area contributed by atoms with Gasteiger partial charge in [-0.3, -0.25) is 4.79 Å². The van der Waals surface area contributed by atoms with E-state index >= 15 is 0 Å². The van der Waals surface area contributed by atoms with Gasteiger partial charge in [-0.2, -0.15) is 0 Å². The minimum absolute atomic E-state index is 0.249. The van der Waals surface area contributed by atoms with Gasteiger partial charge < -0.3 is 15.5 Å².